The van der Waals surface area contributed by atoms with Gasteiger partial charge in [-0.2, -0.15) is 0 Å². The second kappa shape index (κ2) is 58.8. The number of amides is 1. The molecule has 0 saturated heterocycles. The van der Waals surface area contributed by atoms with Gasteiger partial charge in [0.25, 0.3) is 7.82 Å². The highest BCUT2D eigenvalue weighted by Gasteiger charge is 2.24. The molecule has 0 aromatic rings. The number of carbonyl (C=O) groups excluding carboxylic acids is 1. The number of hydrogen-bond acceptors (Lipinski definition) is 6. The van der Waals surface area contributed by atoms with Gasteiger partial charge in [-0.05, 0) is 57.8 Å². The number of likely N-dealkylation sites (N-methyl/N-ethyl adjacent to an activating group) is 1. The Labute approximate surface area is 479 Å². The molecule has 0 aliphatic heterocycles. The first-order valence-electron chi connectivity index (χ1n) is 33.1. The highest BCUT2D eigenvalue weighted by Crippen LogP contribution is 2.38. The lowest BCUT2D eigenvalue weighted by atomic mass is 10.0. The smallest absolute Gasteiger partial charge is 0.268 e. The Bertz CT molecular complexity index is 1440. The van der Waals surface area contributed by atoms with E-state index in [1.165, 1.54) is 218 Å². The molecule has 3 atom stereocenters. The van der Waals surface area contributed by atoms with Crippen molar-refractivity contribution in [1.82, 2.24) is 5.32 Å². The fourth-order valence-electron chi connectivity index (χ4n) is 9.89. The highest BCUT2D eigenvalue weighted by molar-refractivity contribution is 7.45. The number of aliphatic hydroxyl groups excluding tert-OH is 1. The summed E-state index contributed by atoms with van der Waals surface area (Å²) in [5, 5.41) is 14.1. The summed E-state index contributed by atoms with van der Waals surface area (Å²) in [6, 6.07) is -0.807. The minimum atomic E-state index is -4.58. The Balaban J connectivity index is 4.08. The molecule has 452 valence electrons. The zero-order valence-electron chi connectivity index (χ0n) is 51.7. The van der Waals surface area contributed by atoms with Gasteiger partial charge in [0, 0.05) is 6.42 Å². The second-order valence-electron chi connectivity index (χ2n) is 23.8. The fraction of sp³-hybridized carbons (Fsp3) is 0.838. The zero-order chi connectivity index (χ0) is 56.3. The number of carbonyl (C=O) groups is 1. The zero-order valence-corrected chi connectivity index (χ0v) is 52.6. The first-order valence-corrected chi connectivity index (χ1v) is 34.6. The number of quaternary nitrogens is 1. The number of hydrogen-bond donors (Lipinski definition) is 2. The molecule has 0 fully saturated rings. The van der Waals surface area contributed by atoms with Crippen molar-refractivity contribution in [1.29, 1.82) is 0 Å². The molecule has 77 heavy (non-hydrogen) atoms. The third-order valence-corrected chi connectivity index (χ3v) is 16.0. The average molecular weight is 1100 g/mol. The van der Waals surface area contributed by atoms with Crippen LogP contribution in [0.2, 0.25) is 0 Å². The first-order chi connectivity index (χ1) is 37.5. The van der Waals surface area contributed by atoms with Crippen molar-refractivity contribution in [3.63, 3.8) is 0 Å². The Morgan fingerprint density at radius 1 is 0.468 bits per heavy atom. The molecule has 0 bridgehead atoms. The molecule has 0 aromatic carbocycles. The summed E-state index contributed by atoms with van der Waals surface area (Å²) in [5.74, 6) is -0.166. The van der Waals surface area contributed by atoms with Crippen molar-refractivity contribution >= 4 is 13.7 Å². The topological polar surface area (TPSA) is 108 Å². The number of aliphatic hydroxyl groups is 1. The summed E-state index contributed by atoms with van der Waals surface area (Å²) >= 11 is 0. The van der Waals surface area contributed by atoms with E-state index in [1.54, 1.807) is 0 Å². The Kier molecular flexibility index (Phi) is 57.5. The molecule has 9 heteroatoms. The summed E-state index contributed by atoms with van der Waals surface area (Å²) in [7, 11) is 1.31. The van der Waals surface area contributed by atoms with Gasteiger partial charge in [0.05, 0.1) is 39.9 Å². The highest BCUT2D eigenvalue weighted by atomic mass is 31.2. The van der Waals surface area contributed by atoms with Crippen LogP contribution in [-0.4, -0.2) is 68.5 Å². The first kappa shape index (κ1) is 75.2. The Morgan fingerprint density at radius 3 is 1.16 bits per heavy atom. The Morgan fingerprint density at radius 2 is 0.792 bits per heavy atom. The van der Waals surface area contributed by atoms with Crippen LogP contribution in [0, 0.1) is 0 Å². The van der Waals surface area contributed by atoms with Crippen molar-refractivity contribution < 1.29 is 32.9 Å². The standard InChI is InChI=1S/C68H129N2O6P/c1-6-8-10-12-14-16-18-20-22-24-26-28-30-32-34-36-37-39-41-43-45-47-49-51-53-55-57-59-61-67(71)66(65-76-77(73,74)75-64-63-70(3,4)5)69-68(72)62-60-58-56-54-52-50-48-46-44-42-40-38-35-33-31-29-27-25-23-21-19-17-15-13-11-9-7-2/h9,11,15,17,21,23,27,29,33,35,66-67,71H,6-8,10,12-14,16,18-20,22,24-26,28,30-32,34,36-65H2,1-5H3,(H-,69,72,73,74)/b11-9-,17-15-,23-21-,29-27-,35-33-. The van der Waals surface area contributed by atoms with E-state index in [9.17, 15) is 19.4 Å². The van der Waals surface area contributed by atoms with Gasteiger partial charge in [-0.25, -0.2) is 0 Å². The molecular weight excluding hydrogens is 972 g/mol. The minimum absolute atomic E-state index is 0.0104. The van der Waals surface area contributed by atoms with Crippen molar-refractivity contribution in [2.75, 3.05) is 40.9 Å². The number of nitrogens with one attached hydrogen (secondary N) is 1. The maximum Gasteiger partial charge on any atom is 0.268 e. The van der Waals surface area contributed by atoms with E-state index in [0.717, 1.165) is 70.6 Å². The van der Waals surface area contributed by atoms with Crippen LogP contribution in [0.25, 0.3) is 0 Å². The van der Waals surface area contributed by atoms with E-state index in [4.69, 9.17) is 9.05 Å². The maximum absolute atomic E-state index is 13.0. The monoisotopic (exact) mass is 1100 g/mol. The molecule has 0 saturated carbocycles. The van der Waals surface area contributed by atoms with Crippen LogP contribution in [0.15, 0.2) is 60.8 Å². The molecule has 2 N–H and O–H groups in total. The fourth-order valence-corrected chi connectivity index (χ4v) is 10.6. The molecule has 3 unspecified atom stereocenters. The molecule has 0 heterocycles. The van der Waals surface area contributed by atoms with Gasteiger partial charge in [0.1, 0.15) is 13.2 Å². The molecule has 8 nitrogen and oxygen atoms in total. The van der Waals surface area contributed by atoms with Crippen LogP contribution in [0.4, 0.5) is 0 Å². The van der Waals surface area contributed by atoms with Crippen LogP contribution < -0.4 is 10.2 Å². The molecule has 0 aliphatic carbocycles. The van der Waals surface area contributed by atoms with E-state index >= 15 is 0 Å². The van der Waals surface area contributed by atoms with Crippen LogP contribution in [0.1, 0.15) is 316 Å². The van der Waals surface area contributed by atoms with Crippen molar-refractivity contribution in [2.24, 2.45) is 0 Å². The van der Waals surface area contributed by atoms with Gasteiger partial charge < -0.3 is 28.8 Å². The number of rotatable bonds is 61. The number of unbranched alkanes of at least 4 members (excludes halogenated alkanes) is 38. The summed E-state index contributed by atoms with van der Waals surface area (Å²) in [4.78, 5) is 25.6. The molecule has 0 radical (unpaired) electrons. The number of phosphoric acid groups is 1. The second-order valence-corrected chi connectivity index (χ2v) is 25.2. The quantitative estimate of drug-likeness (QED) is 0.0272. The van der Waals surface area contributed by atoms with Crippen molar-refractivity contribution in [2.45, 2.75) is 328 Å². The molecule has 0 aromatic heterocycles. The van der Waals surface area contributed by atoms with Gasteiger partial charge in [-0.15, -0.1) is 0 Å². The van der Waals surface area contributed by atoms with Crippen LogP contribution >= 0.6 is 7.82 Å². The summed E-state index contributed by atoms with van der Waals surface area (Å²) < 4.78 is 23.5. The van der Waals surface area contributed by atoms with Gasteiger partial charge in [-0.3, -0.25) is 9.36 Å². The largest absolute Gasteiger partial charge is 0.756 e. The van der Waals surface area contributed by atoms with Crippen molar-refractivity contribution in [3.05, 3.63) is 60.8 Å². The third kappa shape index (κ3) is 61.7. The number of nitrogens with zero attached hydrogens (tertiary/aromatic N) is 1. The summed E-state index contributed by atoms with van der Waals surface area (Å²) in [5.41, 5.74) is 0. The van der Waals surface area contributed by atoms with E-state index < -0.39 is 20.0 Å². The minimum Gasteiger partial charge on any atom is -0.756 e. The molecule has 0 rings (SSSR count). The van der Waals surface area contributed by atoms with Crippen LogP contribution in [0.5, 0.6) is 0 Å². The molecular formula is C68H129N2O6P. The van der Waals surface area contributed by atoms with Gasteiger partial charge in [0.2, 0.25) is 5.91 Å². The van der Waals surface area contributed by atoms with E-state index in [0.29, 0.717) is 23.9 Å². The summed E-state index contributed by atoms with van der Waals surface area (Å²) in [6.45, 7) is 4.65. The van der Waals surface area contributed by atoms with Gasteiger partial charge in [0.15, 0.2) is 0 Å². The summed E-state index contributed by atoms with van der Waals surface area (Å²) in [6.07, 6.45) is 79.9. The maximum atomic E-state index is 13.0. The van der Waals surface area contributed by atoms with Gasteiger partial charge in [-0.1, -0.05) is 312 Å². The van der Waals surface area contributed by atoms with Crippen LogP contribution in [0.3, 0.4) is 0 Å². The normalized spacial score (nSPS) is 14.1. The Hall–Kier alpha value is -1.80. The molecule has 1 amide bonds. The number of allylic oxidation sites excluding steroid dienone is 10. The van der Waals surface area contributed by atoms with Crippen molar-refractivity contribution in [3.8, 4) is 0 Å². The lowest BCUT2D eigenvalue weighted by Gasteiger charge is -2.30. The third-order valence-electron chi connectivity index (χ3n) is 15.0. The average Bonchev–Trinajstić information content (AvgIpc) is 3.39. The SMILES string of the molecule is CC/C=C\C/C=C\C/C=C\C/C=C\C/C=C\CCCCCCCCCCCCCC(=O)NC(COP(=O)([O-])OCC[N+](C)(C)C)C(O)CCCCCCCCCCCCCCCCCCCCCCCCCCCCCC. The van der Waals surface area contributed by atoms with E-state index in [-0.39, 0.29) is 19.1 Å². The van der Waals surface area contributed by atoms with Gasteiger partial charge >= 0.3 is 0 Å². The van der Waals surface area contributed by atoms with Crippen LogP contribution in [-0.2, 0) is 18.4 Å². The molecule has 0 spiro atoms. The lowest BCUT2D eigenvalue weighted by molar-refractivity contribution is -0.870. The van der Waals surface area contributed by atoms with E-state index in [1.807, 2.05) is 21.1 Å². The number of phosphoric ester groups is 1. The lowest BCUT2D eigenvalue weighted by Crippen LogP contribution is -2.46. The van der Waals surface area contributed by atoms with E-state index in [2.05, 4.69) is 79.9 Å². The molecule has 0 aliphatic rings. The predicted molar refractivity (Wildman–Crippen MR) is 334 cm³/mol. The predicted octanol–water partition coefficient (Wildman–Crippen LogP) is 20.2.